The van der Waals surface area contributed by atoms with Crippen molar-refractivity contribution < 1.29 is 14.4 Å². The molecular weight excluding hydrogens is 184 g/mol. The van der Waals surface area contributed by atoms with Gasteiger partial charge in [-0.25, -0.2) is 0 Å². The Bertz CT molecular complexity index is 294. The first kappa shape index (κ1) is 10.9. The maximum absolute atomic E-state index is 11.5. The molecule has 0 N–H and O–H groups in total. The van der Waals surface area contributed by atoms with Crippen LogP contribution in [0.2, 0.25) is 0 Å². The standard InChI is InChI=1S/C9H16N2O3/c1-8(2)6(7(12)14-5)9(3,4)11(13)10-8/h6H,1-5H3. The summed E-state index contributed by atoms with van der Waals surface area (Å²) in [5.74, 6) is -0.917. The number of nitrogens with zero attached hydrogens (tertiary/aromatic N) is 2. The molecule has 0 bridgehead atoms. The van der Waals surface area contributed by atoms with Crippen LogP contribution in [0.3, 0.4) is 0 Å². The van der Waals surface area contributed by atoms with Gasteiger partial charge in [-0.2, -0.15) is 0 Å². The summed E-state index contributed by atoms with van der Waals surface area (Å²) >= 11 is 0. The highest BCUT2D eigenvalue weighted by atomic mass is 16.5. The van der Waals surface area contributed by atoms with Crippen molar-refractivity contribution >= 4 is 5.97 Å². The van der Waals surface area contributed by atoms with Gasteiger partial charge in [0.1, 0.15) is 5.54 Å². The second kappa shape index (κ2) is 2.93. The molecule has 14 heavy (non-hydrogen) atoms. The van der Waals surface area contributed by atoms with E-state index in [1.165, 1.54) is 7.11 Å². The van der Waals surface area contributed by atoms with Gasteiger partial charge in [0, 0.05) is 13.8 Å². The first-order valence-corrected chi connectivity index (χ1v) is 4.51. The van der Waals surface area contributed by atoms with E-state index >= 15 is 0 Å². The number of rotatable bonds is 1. The first-order valence-electron chi connectivity index (χ1n) is 4.51. The smallest absolute Gasteiger partial charge is 0.318 e. The number of azo groups is 1. The third kappa shape index (κ3) is 1.36. The summed E-state index contributed by atoms with van der Waals surface area (Å²) < 4.78 is 4.69. The highest BCUT2D eigenvalue weighted by Gasteiger charge is 2.59. The first-order chi connectivity index (χ1) is 6.23. The van der Waals surface area contributed by atoms with Crippen molar-refractivity contribution in [1.29, 1.82) is 0 Å². The monoisotopic (exact) mass is 200 g/mol. The molecule has 1 atom stereocenters. The molecule has 0 amide bonds. The molecule has 0 spiro atoms. The third-order valence-corrected chi connectivity index (χ3v) is 2.69. The lowest BCUT2D eigenvalue weighted by Crippen LogP contribution is -2.47. The molecule has 0 aliphatic carbocycles. The topological polar surface area (TPSA) is 64.7 Å². The molecule has 0 saturated heterocycles. The van der Waals surface area contributed by atoms with Gasteiger partial charge in [0.15, 0.2) is 5.92 Å². The number of carbonyl (C=O) groups excluding carboxylic acids is 1. The number of esters is 1. The molecule has 0 fully saturated rings. The molecule has 0 aromatic rings. The summed E-state index contributed by atoms with van der Waals surface area (Å²) in [6, 6.07) is 0. The van der Waals surface area contributed by atoms with Crippen LogP contribution in [0.4, 0.5) is 0 Å². The van der Waals surface area contributed by atoms with Gasteiger partial charge in [-0.05, 0) is 19.0 Å². The summed E-state index contributed by atoms with van der Waals surface area (Å²) in [6.07, 6.45) is 0. The van der Waals surface area contributed by atoms with Crippen LogP contribution in [0.5, 0.6) is 0 Å². The second-order valence-corrected chi connectivity index (χ2v) is 4.64. The molecule has 5 heteroatoms. The number of ether oxygens (including phenoxy) is 1. The van der Waals surface area contributed by atoms with Crippen LogP contribution in [0, 0.1) is 11.1 Å². The van der Waals surface area contributed by atoms with E-state index in [-0.39, 0.29) is 5.97 Å². The van der Waals surface area contributed by atoms with E-state index in [1.54, 1.807) is 27.7 Å². The predicted molar refractivity (Wildman–Crippen MR) is 49.7 cm³/mol. The molecule has 80 valence electrons. The fraction of sp³-hybridized carbons (Fsp3) is 0.889. The Morgan fingerprint density at radius 3 is 2.21 bits per heavy atom. The van der Waals surface area contributed by atoms with E-state index in [2.05, 4.69) is 9.85 Å². The molecule has 5 nitrogen and oxygen atoms in total. The molecule has 1 heterocycles. The zero-order valence-electron chi connectivity index (χ0n) is 9.20. The molecule has 1 aliphatic heterocycles. The fourth-order valence-electron chi connectivity index (χ4n) is 2.09. The SMILES string of the molecule is COC(=O)C1C(C)(C)N=[N+]([O-])C1(C)C. The Morgan fingerprint density at radius 1 is 1.43 bits per heavy atom. The predicted octanol–water partition coefficient (Wildman–Crippen LogP) is 1.31. The second-order valence-electron chi connectivity index (χ2n) is 4.64. The van der Waals surface area contributed by atoms with Crippen LogP contribution in [-0.4, -0.2) is 29.0 Å². The van der Waals surface area contributed by atoms with Crippen LogP contribution in [-0.2, 0) is 9.53 Å². The normalized spacial score (nSPS) is 28.4. The molecule has 1 aliphatic rings. The zero-order valence-corrected chi connectivity index (χ0v) is 9.20. The van der Waals surface area contributed by atoms with Crippen LogP contribution >= 0.6 is 0 Å². The van der Waals surface area contributed by atoms with Crippen molar-refractivity contribution in [2.75, 3.05) is 7.11 Å². The van der Waals surface area contributed by atoms with Gasteiger partial charge >= 0.3 is 5.97 Å². The van der Waals surface area contributed by atoms with Gasteiger partial charge in [-0.1, -0.05) is 4.86 Å². The number of carbonyl (C=O) groups is 1. The van der Waals surface area contributed by atoms with E-state index in [9.17, 15) is 10.0 Å². The molecule has 0 aromatic heterocycles. The molecule has 0 radical (unpaired) electrons. The van der Waals surface area contributed by atoms with Crippen molar-refractivity contribution in [2.45, 2.75) is 38.8 Å². The van der Waals surface area contributed by atoms with E-state index in [1.807, 2.05) is 0 Å². The quantitative estimate of drug-likeness (QED) is 0.364. The fourth-order valence-corrected chi connectivity index (χ4v) is 2.09. The summed E-state index contributed by atoms with van der Waals surface area (Å²) in [4.78, 5) is 12.1. The average molecular weight is 200 g/mol. The van der Waals surface area contributed by atoms with E-state index in [0.29, 0.717) is 4.86 Å². The summed E-state index contributed by atoms with van der Waals surface area (Å²) in [7, 11) is 1.32. The maximum atomic E-state index is 11.5. The highest BCUT2D eigenvalue weighted by molar-refractivity contribution is 5.75. The molecule has 1 rings (SSSR count). The maximum Gasteiger partial charge on any atom is 0.318 e. The van der Waals surface area contributed by atoms with Crippen molar-refractivity contribution in [2.24, 2.45) is 11.0 Å². The van der Waals surface area contributed by atoms with Crippen LogP contribution < -0.4 is 0 Å². The number of hydrogen-bond donors (Lipinski definition) is 0. The van der Waals surface area contributed by atoms with Crippen LogP contribution in [0.15, 0.2) is 5.11 Å². The zero-order chi connectivity index (χ0) is 11.1. The minimum atomic E-state index is -0.837. The summed E-state index contributed by atoms with van der Waals surface area (Å²) in [6.45, 7) is 6.90. The van der Waals surface area contributed by atoms with E-state index in [4.69, 9.17) is 0 Å². The Labute approximate surface area is 83.3 Å². The Balaban J connectivity index is 3.12. The van der Waals surface area contributed by atoms with Gasteiger partial charge in [0.05, 0.1) is 7.11 Å². The Hall–Kier alpha value is -1.13. The molecule has 0 saturated carbocycles. The van der Waals surface area contributed by atoms with Gasteiger partial charge < -0.3 is 9.94 Å². The summed E-state index contributed by atoms with van der Waals surface area (Å²) in [5.41, 5.74) is -1.53. The molecule has 0 aromatic carbocycles. The average Bonchev–Trinajstić information content (AvgIpc) is 2.16. The largest absolute Gasteiger partial charge is 0.599 e. The summed E-state index contributed by atoms with van der Waals surface area (Å²) in [5, 5.41) is 15.4. The van der Waals surface area contributed by atoms with Gasteiger partial charge in [-0.3, -0.25) is 4.79 Å². The lowest BCUT2D eigenvalue weighted by molar-refractivity contribution is -0.592. The molecular formula is C9H16N2O3. The number of hydrogen-bond acceptors (Lipinski definition) is 4. The van der Waals surface area contributed by atoms with E-state index in [0.717, 1.165) is 0 Å². The van der Waals surface area contributed by atoms with E-state index < -0.39 is 17.0 Å². The lowest BCUT2D eigenvalue weighted by Gasteiger charge is -2.25. The van der Waals surface area contributed by atoms with Crippen molar-refractivity contribution in [3.05, 3.63) is 5.21 Å². The third-order valence-electron chi connectivity index (χ3n) is 2.69. The Kier molecular flexibility index (Phi) is 2.29. The minimum Gasteiger partial charge on any atom is -0.599 e. The van der Waals surface area contributed by atoms with Crippen molar-refractivity contribution in [3.63, 3.8) is 0 Å². The van der Waals surface area contributed by atoms with Gasteiger partial charge in [0.25, 0.3) is 0 Å². The Morgan fingerprint density at radius 2 is 1.93 bits per heavy atom. The number of hydroxylamine groups is 1. The van der Waals surface area contributed by atoms with Gasteiger partial charge in [-0.15, -0.1) is 0 Å². The van der Waals surface area contributed by atoms with Crippen LogP contribution in [0.1, 0.15) is 27.7 Å². The highest BCUT2D eigenvalue weighted by Crippen LogP contribution is 2.40. The number of methoxy groups -OCH3 is 1. The van der Waals surface area contributed by atoms with Crippen molar-refractivity contribution in [1.82, 2.24) is 0 Å². The minimum absolute atomic E-state index is 0.387. The lowest BCUT2D eigenvalue weighted by atomic mass is 9.77. The van der Waals surface area contributed by atoms with Crippen molar-refractivity contribution in [3.8, 4) is 0 Å². The van der Waals surface area contributed by atoms with Crippen LogP contribution in [0.25, 0.3) is 0 Å². The van der Waals surface area contributed by atoms with Gasteiger partial charge in [0.2, 0.25) is 5.54 Å². The molecule has 1 unspecified atom stereocenters.